The van der Waals surface area contributed by atoms with E-state index < -0.39 is 11.4 Å². The molecule has 1 aliphatic heterocycles. The molecule has 1 aliphatic carbocycles. The van der Waals surface area contributed by atoms with Gasteiger partial charge in [-0.2, -0.15) is 0 Å². The van der Waals surface area contributed by atoms with Crippen LogP contribution in [0.1, 0.15) is 57.4 Å². The summed E-state index contributed by atoms with van der Waals surface area (Å²) in [5.41, 5.74) is 2.10. The number of carbonyl (C=O) groups excluding carboxylic acids is 3. The number of methoxy groups -OCH3 is 1. The van der Waals surface area contributed by atoms with Gasteiger partial charge >= 0.3 is 0 Å². The van der Waals surface area contributed by atoms with Crippen molar-refractivity contribution in [3.05, 3.63) is 82.9 Å². The molecule has 9 heteroatoms. The second-order valence-electron chi connectivity index (χ2n) is 9.92. The Hall–Kier alpha value is -4.14. The van der Waals surface area contributed by atoms with Crippen LogP contribution in [0.4, 0.5) is 0 Å². The van der Waals surface area contributed by atoms with E-state index >= 15 is 0 Å². The minimum absolute atomic E-state index is 0.0404. The second kappa shape index (κ2) is 9.72. The fourth-order valence-corrected chi connectivity index (χ4v) is 5.02. The Balaban J connectivity index is 1.36. The molecule has 0 bridgehead atoms. The van der Waals surface area contributed by atoms with Gasteiger partial charge in [0, 0.05) is 24.7 Å². The van der Waals surface area contributed by atoms with Crippen molar-refractivity contribution in [2.75, 3.05) is 7.11 Å². The third-order valence-electron chi connectivity index (χ3n) is 7.05. The molecule has 2 N–H and O–H groups in total. The maximum absolute atomic E-state index is 13.8. The molecule has 2 aromatic carbocycles. The first-order valence-corrected chi connectivity index (χ1v) is 12.4. The lowest BCUT2D eigenvalue weighted by atomic mass is 9.93. The number of rotatable bonds is 8. The van der Waals surface area contributed by atoms with Gasteiger partial charge in [0.05, 0.1) is 20.0 Å². The van der Waals surface area contributed by atoms with Crippen LogP contribution in [0.2, 0.25) is 0 Å². The second-order valence-corrected chi connectivity index (χ2v) is 9.92. The van der Waals surface area contributed by atoms with Crippen LogP contribution in [-0.4, -0.2) is 50.9 Å². The SMILES string of the molecule is COc1ccccc1CNC(=O)[C@@]1(C)Cn2cnc(C(=O)NCc3cccc(C)c3)c2C(=O)N1C1CC1. The lowest BCUT2D eigenvalue weighted by Gasteiger charge is -2.44. The molecule has 1 fully saturated rings. The van der Waals surface area contributed by atoms with Crippen molar-refractivity contribution >= 4 is 17.7 Å². The molecule has 2 aliphatic rings. The van der Waals surface area contributed by atoms with Crippen LogP contribution in [-0.2, 0) is 24.4 Å². The number of amides is 3. The molecule has 1 saturated carbocycles. The summed E-state index contributed by atoms with van der Waals surface area (Å²) in [5, 5.41) is 5.87. The largest absolute Gasteiger partial charge is 0.496 e. The van der Waals surface area contributed by atoms with Gasteiger partial charge in [0.25, 0.3) is 11.8 Å². The molecule has 0 radical (unpaired) electrons. The Bertz CT molecular complexity index is 1360. The first-order chi connectivity index (χ1) is 17.8. The van der Waals surface area contributed by atoms with E-state index in [0.717, 1.165) is 29.5 Å². The average Bonchev–Trinajstić information content (AvgIpc) is 3.63. The number of ether oxygens (including phenoxy) is 1. The zero-order valence-electron chi connectivity index (χ0n) is 21.3. The van der Waals surface area contributed by atoms with E-state index in [0.29, 0.717) is 12.3 Å². The van der Waals surface area contributed by atoms with E-state index in [1.165, 1.54) is 6.33 Å². The summed E-state index contributed by atoms with van der Waals surface area (Å²) in [6, 6.07) is 15.3. The third kappa shape index (κ3) is 4.69. The molecule has 37 heavy (non-hydrogen) atoms. The predicted molar refractivity (Wildman–Crippen MR) is 137 cm³/mol. The summed E-state index contributed by atoms with van der Waals surface area (Å²) in [6.07, 6.45) is 3.12. The van der Waals surface area contributed by atoms with Crippen LogP contribution < -0.4 is 15.4 Å². The number of imidazole rings is 1. The van der Waals surface area contributed by atoms with Crippen molar-refractivity contribution in [2.24, 2.45) is 0 Å². The number of aryl methyl sites for hydroxylation is 1. The van der Waals surface area contributed by atoms with Gasteiger partial charge in [-0.25, -0.2) is 4.98 Å². The van der Waals surface area contributed by atoms with E-state index in [4.69, 9.17) is 4.74 Å². The number of hydrogen-bond acceptors (Lipinski definition) is 5. The predicted octanol–water partition coefficient (Wildman–Crippen LogP) is 2.82. The highest BCUT2D eigenvalue weighted by Gasteiger charge is 2.53. The van der Waals surface area contributed by atoms with Crippen molar-refractivity contribution in [3.8, 4) is 5.75 Å². The topological polar surface area (TPSA) is 106 Å². The lowest BCUT2D eigenvalue weighted by Crippen LogP contribution is -2.64. The molecule has 5 rings (SSSR count). The van der Waals surface area contributed by atoms with E-state index in [9.17, 15) is 14.4 Å². The van der Waals surface area contributed by atoms with Crippen LogP contribution in [0.25, 0.3) is 0 Å². The fourth-order valence-electron chi connectivity index (χ4n) is 5.02. The summed E-state index contributed by atoms with van der Waals surface area (Å²) in [7, 11) is 1.59. The number of benzene rings is 2. The normalized spacial score (nSPS) is 18.8. The van der Waals surface area contributed by atoms with E-state index in [-0.39, 0.29) is 42.3 Å². The monoisotopic (exact) mass is 501 g/mol. The van der Waals surface area contributed by atoms with Gasteiger partial charge in [0.2, 0.25) is 5.91 Å². The Morgan fingerprint density at radius 3 is 2.62 bits per heavy atom. The summed E-state index contributed by atoms with van der Waals surface area (Å²) in [4.78, 5) is 46.3. The average molecular weight is 502 g/mol. The first-order valence-electron chi connectivity index (χ1n) is 12.4. The molecular weight excluding hydrogens is 470 g/mol. The molecule has 192 valence electrons. The molecule has 3 amide bonds. The minimum Gasteiger partial charge on any atom is -0.496 e. The molecule has 1 aromatic heterocycles. The zero-order chi connectivity index (χ0) is 26.2. The Labute approximate surface area is 215 Å². The molecule has 3 aromatic rings. The Morgan fingerprint density at radius 2 is 1.89 bits per heavy atom. The van der Waals surface area contributed by atoms with Crippen molar-refractivity contribution < 1.29 is 19.1 Å². The number of aromatic nitrogens is 2. The zero-order valence-corrected chi connectivity index (χ0v) is 21.3. The highest BCUT2D eigenvalue weighted by Crippen LogP contribution is 2.39. The maximum Gasteiger partial charge on any atom is 0.274 e. The number of carbonyl (C=O) groups is 3. The number of fused-ring (bicyclic) bond motifs is 1. The fraction of sp³-hybridized carbons (Fsp3) is 0.357. The van der Waals surface area contributed by atoms with Crippen molar-refractivity contribution in [3.63, 3.8) is 0 Å². The third-order valence-corrected chi connectivity index (χ3v) is 7.05. The van der Waals surface area contributed by atoms with Crippen molar-refractivity contribution in [1.82, 2.24) is 25.1 Å². The Morgan fingerprint density at radius 1 is 1.11 bits per heavy atom. The van der Waals surface area contributed by atoms with Gasteiger partial charge in [0.15, 0.2) is 5.69 Å². The first kappa shape index (κ1) is 24.5. The molecule has 9 nitrogen and oxygen atoms in total. The van der Waals surface area contributed by atoms with Crippen LogP contribution >= 0.6 is 0 Å². The highest BCUT2D eigenvalue weighted by atomic mass is 16.5. The summed E-state index contributed by atoms with van der Waals surface area (Å²) in [5.74, 6) is -0.334. The van der Waals surface area contributed by atoms with Gasteiger partial charge < -0.3 is 24.8 Å². The number of nitrogens with zero attached hydrogens (tertiary/aromatic N) is 3. The number of nitrogens with one attached hydrogen (secondary N) is 2. The summed E-state index contributed by atoms with van der Waals surface area (Å²) in [6.45, 7) is 4.58. The standard InChI is InChI=1S/C28H31N5O4/c1-18-7-6-8-19(13-18)14-29-25(34)23-24-26(35)33(21-11-12-21)28(2,16-32(24)17-31-23)27(36)30-15-20-9-4-5-10-22(20)37-3/h4-10,13,17,21H,11-12,14-16H2,1-3H3,(H,29,34)(H,30,36)/t28-/m1/s1. The van der Waals surface area contributed by atoms with Crippen LogP contribution in [0, 0.1) is 6.92 Å². The van der Waals surface area contributed by atoms with Gasteiger partial charge in [-0.1, -0.05) is 48.0 Å². The number of hydrogen-bond donors (Lipinski definition) is 2. The molecule has 0 unspecified atom stereocenters. The molecule has 0 spiro atoms. The summed E-state index contributed by atoms with van der Waals surface area (Å²) >= 11 is 0. The van der Waals surface area contributed by atoms with Crippen LogP contribution in [0.15, 0.2) is 54.9 Å². The van der Waals surface area contributed by atoms with Crippen LogP contribution in [0.5, 0.6) is 5.75 Å². The summed E-state index contributed by atoms with van der Waals surface area (Å²) < 4.78 is 7.02. The molecule has 0 saturated heterocycles. The van der Waals surface area contributed by atoms with Gasteiger partial charge in [-0.3, -0.25) is 14.4 Å². The van der Waals surface area contributed by atoms with E-state index in [1.807, 2.05) is 55.5 Å². The quantitative estimate of drug-likeness (QED) is 0.494. The number of para-hydroxylation sites is 1. The highest BCUT2D eigenvalue weighted by molar-refractivity contribution is 6.07. The van der Waals surface area contributed by atoms with Gasteiger partial charge in [0.1, 0.15) is 17.0 Å². The van der Waals surface area contributed by atoms with Crippen LogP contribution in [0.3, 0.4) is 0 Å². The maximum atomic E-state index is 13.8. The lowest BCUT2D eigenvalue weighted by molar-refractivity contribution is -0.133. The van der Waals surface area contributed by atoms with E-state index in [1.54, 1.807) is 23.5 Å². The van der Waals surface area contributed by atoms with Gasteiger partial charge in [-0.05, 0) is 38.3 Å². The molecule has 2 heterocycles. The van der Waals surface area contributed by atoms with Crippen molar-refractivity contribution in [2.45, 2.75) is 57.9 Å². The Kier molecular flexibility index (Phi) is 6.45. The van der Waals surface area contributed by atoms with Crippen molar-refractivity contribution in [1.29, 1.82) is 0 Å². The van der Waals surface area contributed by atoms with E-state index in [2.05, 4.69) is 15.6 Å². The molecule has 1 atom stereocenters. The molecular formula is C28H31N5O4. The van der Waals surface area contributed by atoms with Gasteiger partial charge in [-0.15, -0.1) is 0 Å². The smallest absolute Gasteiger partial charge is 0.274 e. The minimum atomic E-state index is -1.12.